The number of H-pyrrole nitrogens is 2. The van der Waals surface area contributed by atoms with Crippen LogP contribution < -0.4 is 20.3 Å². The fraction of sp³-hybridized carbons (Fsp3) is 0.318. The summed E-state index contributed by atoms with van der Waals surface area (Å²) in [6, 6.07) is 9.24. The van der Waals surface area contributed by atoms with Crippen molar-refractivity contribution in [3.63, 3.8) is 0 Å². The van der Waals surface area contributed by atoms with Gasteiger partial charge in [-0.3, -0.25) is 5.10 Å². The van der Waals surface area contributed by atoms with Crippen LogP contribution in [-0.2, 0) is 0 Å². The van der Waals surface area contributed by atoms with Gasteiger partial charge < -0.3 is 25.3 Å². The Labute approximate surface area is 184 Å². The molecule has 5 rings (SSSR count). The lowest BCUT2D eigenvalue weighted by Gasteiger charge is -2.32. The average Bonchev–Trinajstić information content (AvgIpc) is 3.35. The lowest BCUT2D eigenvalue weighted by atomic mass is 10.2. The summed E-state index contributed by atoms with van der Waals surface area (Å²) in [7, 11) is 0. The monoisotopic (exact) mass is 436 g/mol. The van der Waals surface area contributed by atoms with Gasteiger partial charge in [0.2, 0.25) is 0 Å². The third-order valence-corrected chi connectivity index (χ3v) is 5.39. The van der Waals surface area contributed by atoms with Gasteiger partial charge in [0, 0.05) is 60.1 Å². The highest BCUT2D eigenvalue weighted by atomic mass is 19.1. The Morgan fingerprint density at radius 2 is 2.00 bits per heavy atom. The number of halogens is 1. The predicted octanol–water partition coefficient (Wildman–Crippen LogP) is 3.77. The molecule has 32 heavy (non-hydrogen) atoms. The highest BCUT2D eigenvalue weighted by Gasteiger charge is 2.20. The molecule has 3 aromatic heterocycles. The number of aromatic amines is 2. The van der Waals surface area contributed by atoms with E-state index in [0.717, 1.165) is 31.0 Å². The Hall–Kier alpha value is -3.66. The summed E-state index contributed by atoms with van der Waals surface area (Å²) in [4.78, 5) is 14.3. The summed E-state index contributed by atoms with van der Waals surface area (Å²) >= 11 is 0. The lowest BCUT2D eigenvalue weighted by Crippen LogP contribution is -2.49. The molecular formula is C22H25FN8O. The van der Waals surface area contributed by atoms with Gasteiger partial charge >= 0.3 is 6.01 Å². The van der Waals surface area contributed by atoms with Crippen molar-refractivity contribution in [1.29, 1.82) is 0 Å². The first-order chi connectivity index (χ1) is 15.4. The number of aryl methyl sites for hydroxylation is 2. The standard InChI is InChI=1S/C22H25FN8O/c1-12-8-15-16(25-12)4-5-17(21(15)23)32-22-27-18(26-19-9-13(2)29-30-19)10-20(28-22)31-7-6-24-14(3)11-31/h4-5,8-10,14,24-25H,6-7,11H2,1-3H3,(H2,26,27,28,29,30). The third kappa shape index (κ3) is 4.09. The Morgan fingerprint density at radius 1 is 1.12 bits per heavy atom. The first kappa shape index (κ1) is 20.3. The Balaban J connectivity index is 1.50. The van der Waals surface area contributed by atoms with Gasteiger partial charge in [0.05, 0.1) is 0 Å². The molecule has 166 valence electrons. The zero-order chi connectivity index (χ0) is 22.2. The van der Waals surface area contributed by atoms with Crippen LogP contribution in [-0.4, -0.2) is 50.8 Å². The van der Waals surface area contributed by atoms with Gasteiger partial charge in [0.15, 0.2) is 17.4 Å². The number of benzene rings is 1. The molecule has 10 heteroatoms. The minimum absolute atomic E-state index is 0.0638. The first-order valence-corrected chi connectivity index (χ1v) is 10.6. The minimum atomic E-state index is -0.450. The van der Waals surface area contributed by atoms with Crippen LogP contribution in [0.4, 0.5) is 21.8 Å². The normalized spacial score (nSPS) is 16.5. The third-order valence-electron chi connectivity index (χ3n) is 5.39. The van der Waals surface area contributed by atoms with Gasteiger partial charge in [-0.05, 0) is 39.0 Å². The average molecular weight is 436 g/mol. The summed E-state index contributed by atoms with van der Waals surface area (Å²) in [6.07, 6.45) is 0. The molecule has 1 aliphatic heterocycles. The van der Waals surface area contributed by atoms with E-state index in [4.69, 9.17) is 4.74 Å². The maximum absolute atomic E-state index is 15.1. The van der Waals surface area contributed by atoms with Crippen molar-refractivity contribution in [2.45, 2.75) is 26.8 Å². The van der Waals surface area contributed by atoms with Crippen molar-refractivity contribution in [3.8, 4) is 11.8 Å². The summed E-state index contributed by atoms with van der Waals surface area (Å²) < 4.78 is 20.9. The number of hydrogen-bond acceptors (Lipinski definition) is 7. The van der Waals surface area contributed by atoms with Gasteiger partial charge in [-0.1, -0.05) is 0 Å². The van der Waals surface area contributed by atoms with Crippen molar-refractivity contribution >= 4 is 28.4 Å². The molecule has 1 aromatic carbocycles. The lowest BCUT2D eigenvalue weighted by molar-refractivity contribution is 0.412. The van der Waals surface area contributed by atoms with Gasteiger partial charge in [-0.15, -0.1) is 0 Å². The Bertz CT molecular complexity index is 1270. The molecule has 1 unspecified atom stereocenters. The van der Waals surface area contributed by atoms with Gasteiger partial charge in [0.25, 0.3) is 0 Å². The number of fused-ring (bicyclic) bond motifs is 1. The summed E-state index contributed by atoms with van der Waals surface area (Å²) in [5.41, 5.74) is 2.52. The van der Waals surface area contributed by atoms with E-state index in [1.54, 1.807) is 18.2 Å². The summed E-state index contributed by atoms with van der Waals surface area (Å²) in [6.45, 7) is 8.36. The second-order valence-corrected chi connectivity index (χ2v) is 8.15. The Kier molecular flexibility index (Phi) is 5.14. The van der Waals surface area contributed by atoms with E-state index in [-0.39, 0.29) is 11.8 Å². The molecular weight excluding hydrogens is 411 g/mol. The van der Waals surface area contributed by atoms with Crippen LogP contribution in [0.25, 0.3) is 10.9 Å². The molecule has 4 aromatic rings. The maximum Gasteiger partial charge on any atom is 0.326 e. The second-order valence-electron chi connectivity index (χ2n) is 8.15. The summed E-state index contributed by atoms with van der Waals surface area (Å²) in [5.74, 6) is 1.47. The molecule has 0 radical (unpaired) electrons. The largest absolute Gasteiger partial charge is 0.421 e. The summed E-state index contributed by atoms with van der Waals surface area (Å²) in [5, 5.41) is 14.2. The van der Waals surface area contributed by atoms with Crippen molar-refractivity contribution in [2.75, 3.05) is 29.9 Å². The van der Waals surface area contributed by atoms with E-state index in [1.807, 2.05) is 26.0 Å². The van der Waals surface area contributed by atoms with E-state index in [1.165, 1.54) is 0 Å². The number of nitrogens with zero attached hydrogens (tertiary/aromatic N) is 4. The molecule has 1 atom stereocenters. The fourth-order valence-corrected chi connectivity index (χ4v) is 3.90. The van der Waals surface area contributed by atoms with Crippen LogP contribution in [0.3, 0.4) is 0 Å². The minimum Gasteiger partial charge on any atom is -0.421 e. The number of nitrogens with one attached hydrogen (secondary N) is 4. The molecule has 1 saturated heterocycles. The van der Waals surface area contributed by atoms with Crippen molar-refractivity contribution in [1.82, 2.24) is 30.5 Å². The van der Waals surface area contributed by atoms with E-state index >= 15 is 4.39 Å². The zero-order valence-electron chi connectivity index (χ0n) is 18.2. The molecule has 1 fully saturated rings. The number of ether oxygens (including phenoxy) is 1. The topological polar surface area (TPSA) is 107 Å². The van der Waals surface area contributed by atoms with Gasteiger partial charge in [-0.25, -0.2) is 4.39 Å². The van der Waals surface area contributed by atoms with Crippen LogP contribution in [0, 0.1) is 19.7 Å². The van der Waals surface area contributed by atoms with E-state index in [9.17, 15) is 0 Å². The highest BCUT2D eigenvalue weighted by Crippen LogP contribution is 2.31. The van der Waals surface area contributed by atoms with Crippen LogP contribution in [0.2, 0.25) is 0 Å². The number of aromatic nitrogens is 5. The SMILES string of the molecule is Cc1cc(Nc2cc(N3CCNC(C)C3)nc(Oc3ccc4[nH]c(C)cc4c3F)n2)n[nH]1. The molecule has 4 N–H and O–H groups in total. The quantitative estimate of drug-likeness (QED) is 0.377. The second kappa shape index (κ2) is 8.12. The highest BCUT2D eigenvalue weighted by molar-refractivity contribution is 5.82. The fourth-order valence-electron chi connectivity index (χ4n) is 3.90. The molecule has 0 aliphatic carbocycles. The first-order valence-electron chi connectivity index (χ1n) is 10.6. The number of anilines is 3. The van der Waals surface area contributed by atoms with E-state index in [0.29, 0.717) is 34.4 Å². The van der Waals surface area contributed by atoms with Crippen LogP contribution in [0.1, 0.15) is 18.3 Å². The number of piperazine rings is 1. The van der Waals surface area contributed by atoms with E-state index in [2.05, 4.69) is 47.6 Å². The molecule has 1 aliphatic rings. The molecule has 0 bridgehead atoms. The van der Waals surface area contributed by atoms with Gasteiger partial charge in [-0.2, -0.15) is 15.1 Å². The van der Waals surface area contributed by atoms with Crippen LogP contribution >= 0.6 is 0 Å². The molecule has 0 saturated carbocycles. The van der Waals surface area contributed by atoms with Crippen molar-refractivity contribution < 1.29 is 9.13 Å². The van der Waals surface area contributed by atoms with Crippen LogP contribution in [0.5, 0.6) is 11.8 Å². The Morgan fingerprint density at radius 3 is 2.78 bits per heavy atom. The van der Waals surface area contributed by atoms with Crippen molar-refractivity contribution in [3.05, 3.63) is 47.5 Å². The maximum atomic E-state index is 15.1. The molecule has 0 spiro atoms. The predicted molar refractivity (Wildman–Crippen MR) is 121 cm³/mol. The van der Waals surface area contributed by atoms with Crippen LogP contribution in [0.15, 0.2) is 30.3 Å². The smallest absolute Gasteiger partial charge is 0.326 e. The van der Waals surface area contributed by atoms with Crippen molar-refractivity contribution in [2.24, 2.45) is 0 Å². The molecule has 4 heterocycles. The van der Waals surface area contributed by atoms with Gasteiger partial charge in [0.1, 0.15) is 11.6 Å². The molecule has 9 nitrogen and oxygen atoms in total. The zero-order valence-corrected chi connectivity index (χ0v) is 18.2. The molecule has 0 amide bonds. The van der Waals surface area contributed by atoms with E-state index < -0.39 is 5.82 Å². The number of rotatable bonds is 5. The number of hydrogen-bond donors (Lipinski definition) is 4.